The van der Waals surface area contributed by atoms with E-state index in [4.69, 9.17) is 19.6 Å². The van der Waals surface area contributed by atoms with Crippen LogP contribution in [-0.4, -0.2) is 94.3 Å². The zero-order valence-electron chi connectivity index (χ0n) is 20.7. The smallest absolute Gasteiger partial charge is 0.228 e. The van der Waals surface area contributed by atoms with Crippen LogP contribution in [-0.2, 0) is 4.74 Å². The molecule has 5 heterocycles. The van der Waals surface area contributed by atoms with Crippen LogP contribution < -0.4 is 20.7 Å². The second-order valence-electron chi connectivity index (χ2n) is 9.31. The maximum atomic E-state index is 14.8. The van der Waals surface area contributed by atoms with Crippen molar-refractivity contribution < 1.29 is 23.4 Å². The summed E-state index contributed by atoms with van der Waals surface area (Å²) in [5.41, 5.74) is 7.84. The summed E-state index contributed by atoms with van der Waals surface area (Å²) in [7, 11) is 0. The summed E-state index contributed by atoms with van der Waals surface area (Å²) < 4.78 is 32.6. The number of fused-ring (bicyclic) bond motifs is 1. The van der Waals surface area contributed by atoms with Crippen LogP contribution in [0.15, 0.2) is 47.1 Å². The second kappa shape index (κ2) is 10.4. The predicted octanol–water partition coefficient (Wildman–Crippen LogP) is 1.48. The lowest BCUT2D eigenvalue weighted by molar-refractivity contribution is 0.0731. The van der Waals surface area contributed by atoms with E-state index in [1.54, 1.807) is 30.5 Å². The van der Waals surface area contributed by atoms with Gasteiger partial charge < -0.3 is 34.9 Å². The van der Waals surface area contributed by atoms with E-state index in [2.05, 4.69) is 25.3 Å². The van der Waals surface area contributed by atoms with Crippen molar-refractivity contribution in [1.29, 1.82) is 0 Å². The molecule has 13 heteroatoms. The summed E-state index contributed by atoms with van der Waals surface area (Å²) in [5, 5.41) is 17.5. The molecule has 38 heavy (non-hydrogen) atoms. The van der Waals surface area contributed by atoms with Gasteiger partial charge in [0.1, 0.15) is 29.5 Å². The molecule has 0 radical (unpaired) electrons. The molecule has 200 valence electrons. The minimum Gasteiger partial charge on any atom is -0.485 e. The molecule has 2 aliphatic heterocycles. The number of aromatic nitrogens is 4. The molecule has 3 aromatic heterocycles. The molecular weight excluding hydrogens is 495 g/mol. The van der Waals surface area contributed by atoms with E-state index in [0.29, 0.717) is 60.7 Å². The van der Waals surface area contributed by atoms with E-state index < -0.39 is 12.2 Å². The number of nitrogens with two attached hydrogens (primary N) is 1. The van der Waals surface area contributed by atoms with Crippen molar-refractivity contribution in [3.05, 3.63) is 48.5 Å². The average Bonchev–Trinajstić information content (AvgIpc) is 3.67. The number of aliphatic hydroxyl groups excluding tert-OH is 1. The van der Waals surface area contributed by atoms with Gasteiger partial charge in [-0.15, -0.1) is 0 Å². The topological polar surface area (TPSA) is 139 Å². The highest BCUT2D eigenvalue weighted by molar-refractivity contribution is 5.61. The van der Waals surface area contributed by atoms with E-state index in [1.165, 1.54) is 10.6 Å². The summed E-state index contributed by atoms with van der Waals surface area (Å²) >= 11 is 0. The third-order valence-corrected chi connectivity index (χ3v) is 6.75. The number of hydrogen-bond acceptors (Lipinski definition) is 11. The van der Waals surface area contributed by atoms with Crippen molar-refractivity contribution in [3.8, 4) is 17.2 Å². The molecule has 2 fully saturated rings. The van der Waals surface area contributed by atoms with Crippen LogP contribution in [0.1, 0.15) is 0 Å². The number of nitrogens with one attached hydrogen (secondary N) is 1. The van der Waals surface area contributed by atoms with Crippen LogP contribution in [0.25, 0.3) is 17.1 Å². The molecule has 4 N–H and O–H groups in total. The first-order valence-corrected chi connectivity index (χ1v) is 12.5. The SMILES string of the molecule is Nc1nc(NCCN2CCN(c3ccc(O[C@@H]4COC[C@H]4O)cc3F)CC2)nc2cc(-c3ccco3)nn12. The molecule has 4 aromatic rings. The average molecular weight is 525 g/mol. The molecule has 0 bridgehead atoms. The Balaban J connectivity index is 0.998. The number of nitrogen functional groups attached to an aromatic ring is 1. The number of benzene rings is 1. The monoisotopic (exact) mass is 524 g/mol. The first-order chi connectivity index (χ1) is 18.5. The van der Waals surface area contributed by atoms with Crippen molar-refractivity contribution >= 4 is 23.2 Å². The summed E-state index contributed by atoms with van der Waals surface area (Å²) in [5.74, 6) is 1.34. The van der Waals surface area contributed by atoms with Crippen molar-refractivity contribution in [2.24, 2.45) is 0 Å². The van der Waals surface area contributed by atoms with Gasteiger partial charge in [0.25, 0.3) is 0 Å². The molecule has 0 saturated carbocycles. The van der Waals surface area contributed by atoms with E-state index in [1.807, 2.05) is 11.0 Å². The summed E-state index contributed by atoms with van der Waals surface area (Å²) in [4.78, 5) is 13.2. The maximum absolute atomic E-state index is 14.8. The second-order valence-corrected chi connectivity index (χ2v) is 9.31. The van der Waals surface area contributed by atoms with E-state index in [9.17, 15) is 9.50 Å². The van der Waals surface area contributed by atoms with E-state index >= 15 is 0 Å². The first-order valence-electron chi connectivity index (χ1n) is 12.5. The standard InChI is InChI=1S/C25H29FN8O4/c26-17-12-16(38-22-15-36-14-20(22)35)3-4-19(17)33-9-7-32(8-10-33)6-5-28-25-29-23-13-18(21-2-1-11-37-21)31-34(23)24(27)30-25/h1-4,11-13,20,22,35H,5-10,14-15H2,(H3,27,28,29,30)/t20-,22-/m1/s1. The normalized spacial score (nSPS) is 20.3. The van der Waals surface area contributed by atoms with Crippen molar-refractivity contribution in [1.82, 2.24) is 24.5 Å². The number of halogens is 1. The van der Waals surface area contributed by atoms with Gasteiger partial charge in [0.15, 0.2) is 11.4 Å². The fourth-order valence-corrected chi connectivity index (χ4v) is 4.70. The predicted molar refractivity (Wildman–Crippen MR) is 138 cm³/mol. The van der Waals surface area contributed by atoms with Crippen LogP contribution in [0, 0.1) is 5.82 Å². The number of ether oxygens (including phenoxy) is 2. The van der Waals surface area contributed by atoms with Gasteiger partial charge in [-0.05, 0) is 24.3 Å². The van der Waals surface area contributed by atoms with Crippen molar-refractivity contribution in [2.45, 2.75) is 12.2 Å². The number of hydrogen-bond donors (Lipinski definition) is 3. The lowest BCUT2D eigenvalue weighted by atomic mass is 10.2. The first kappa shape index (κ1) is 24.4. The van der Waals surface area contributed by atoms with Gasteiger partial charge in [-0.1, -0.05) is 0 Å². The number of furan rings is 1. The molecule has 12 nitrogen and oxygen atoms in total. The molecule has 6 rings (SSSR count). The van der Waals surface area contributed by atoms with E-state index in [-0.39, 0.29) is 18.4 Å². The van der Waals surface area contributed by atoms with Crippen LogP contribution in [0.2, 0.25) is 0 Å². The number of anilines is 3. The van der Waals surface area contributed by atoms with Crippen LogP contribution in [0.5, 0.6) is 5.75 Å². The molecule has 2 aliphatic rings. The zero-order valence-corrected chi connectivity index (χ0v) is 20.7. The molecule has 0 amide bonds. The Kier molecular flexibility index (Phi) is 6.70. The highest BCUT2D eigenvalue weighted by Crippen LogP contribution is 2.27. The minimum absolute atomic E-state index is 0.232. The van der Waals surface area contributed by atoms with Gasteiger partial charge in [-0.25, -0.2) is 4.39 Å². The number of aliphatic hydroxyl groups is 1. The van der Waals surface area contributed by atoms with Gasteiger partial charge in [0.05, 0.1) is 25.2 Å². The molecule has 0 spiro atoms. The van der Waals surface area contributed by atoms with Gasteiger partial charge in [-0.3, -0.25) is 4.90 Å². The lowest BCUT2D eigenvalue weighted by Crippen LogP contribution is -2.48. The Morgan fingerprint density at radius 3 is 2.74 bits per heavy atom. The summed E-state index contributed by atoms with van der Waals surface area (Å²) in [6.45, 7) is 4.93. The third kappa shape index (κ3) is 5.08. The van der Waals surface area contributed by atoms with Crippen molar-refractivity contribution in [2.75, 3.05) is 68.4 Å². The highest BCUT2D eigenvalue weighted by Gasteiger charge is 2.28. The molecular formula is C25H29FN8O4. The maximum Gasteiger partial charge on any atom is 0.228 e. The Labute approximate surface area is 217 Å². The number of rotatable bonds is 8. The molecule has 0 unspecified atom stereocenters. The largest absolute Gasteiger partial charge is 0.485 e. The van der Waals surface area contributed by atoms with Gasteiger partial charge in [0.2, 0.25) is 11.9 Å². The third-order valence-electron chi connectivity index (χ3n) is 6.75. The van der Waals surface area contributed by atoms with Crippen molar-refractivity contribution in [3.63, 3.8) is 0 Å². The quantitative estimate of drug-likeness (QED) is 0.309. The summed E-state index contributed by atoms with van der Waals surface area (Å²) in [6, 6.07) is 10.3. The Bertz CT molecular complexity index is 1390. The van der Waals surface area contributed by atoms with Gasteiger partial charge in [-0.2, -0.15) is 19.6 Å². The fraction of sp³-hybridized carbons (Fsp3) is 0.400. The minimum atomic E-state index is -0.696. The molecule has 2 atom stereocenters. The van der Waals surface area contributed by atoms with Gasteiger partial charge >= 0.3 is 0 Å². The molecule has 1 aromatic carbocycles. The lowest BCUT2D eigenvalue weighted by Gasteiger charge is -2.36. The Hall–Kier alpha value is -3.94. The van der Waals surface area contributed by atoms with E-state index in [0.717, 1.165) is 19.6 Å². The summed E-state index contributed by atoms with van der Waals surface area (Å²) in [6.07, 6.45) is 0.419. The Morgan fingerprint density at radius 2 is 2.00 bits per heavy atom. The number of nitrogens with zero attached hydrogens (tertiary/aromatic N) is 6. The molecule has 2 saturated heterocycles. The molecule has 0 aliphatic carbocycles. The zero-order chi connectivity index (χ0) is 26.1. The highest BCUT2D eigenvalue weighted by atomic mass is 19.1. The number of piperazine rings is 1. The van der Waals surface area contributed by atoms with Crippen LogP contribution in [0.4, 0.5) is 22.0 Å². The van der Waals surface area contributed by atoms with Gasteiger partial charge in [0, 0.05) is 51.4 Å². The van der Waals surface area contributed by atoms with Crippen LogP contribution >= 0.6 is 0 Å². The fourth-order valence-electron chi connectivity index (χ4n) is 4.70. The van der Waals surface area contributed by atoms with Crippen LogP contribution in [0.3, 0.4) is 0 Å². The Morgan fingerprint density at radius 1 is 1.13 bits per heavy atom.